The summed E-state index contributed by atoms with van der Waals surface area (Å²) in [5.41, 5.74) is 4.47. The van der Waals surface area contributed by atoms with Gasteiger partial charge in [-0.3, -0.25) is 14.8 Å². The predicted molar refractivity (Wildman–Crippen MR) is 166 cm³/mol. The lowest BCUT2D eigenvalue weighted by Gasteiger charge is -2.22. The van der Waals surface area contributed by atoms with E-state index in [9.17, 15) is 9.90 Å². The van der Waals surface area contributed by atoms with E-state index < -0.39 is 0 Å². The number of ketones is 1. The molecule has 0 unspecified atom stereocenters. The minimum absolute atomic E-state index is 0.00200. The number of nitrogens with zero attached hydrogens (tertiary/aromatic N) is 2. The van der Waals surface area contributed by atoms with E-state index in [0.29, 0.717) is 17.0 Å². The number of fused-ring (bicyclic) bond motifs is 1. The fraction of sp³-hybridized carbons (Fsp3) is 0.156. The van der Waals surface area contributed by atoms with Crippen molar-refractivity contribution in [3.05, 3.63) is 117 Å². The molecule has 4 rings (SSSR count). The number of hydrogen-bond acceptors (Lipinski definition) is 5. The number of rotatable bonds is 8. The quantitative estimate of drug-likeness (QED) is 0.157. The van der Waals surface area contributed by atoms with Crippen LogP contribution in [0.3, 0.4) is 0 Å². The van der Waals surface area contributed by atoms with Crippen LogP contribution < -0.4 is 5.32 Å². The van der Waals surface area contributed by atoms with E-state index in [1.807, 2.05) is 81.4 Å². The maximum atomic E-state index is 12.6. The number of allylic oxidation sites excluding steroid dienone is 1. The first-order valence-corrected chi connectivity index (χ1v) is 13.6. The molecular formula is C32H29BrClN3O2. The molecule has 2 N–H and O–H groups in total. The summed E-state index contributed by atoms with van der Waals surface area (Å²) >= 11 is 9.49. The minimum Gasteiger partial charge on any atom is -0.507 e. The van der Waals surface area contributed by atoms with Crippen LogP contribution in [0.1, 0.15) is 43.0 Å². The number of benzene rings is 3. The van der Waals surface area contributed by atoms with Gasteiger partial charge in [0.25, 0.3) is 0 Å². The third-order valence-corrected chi connectivity index (χ3v) is 6.80. The van der Waals surface area contributed by atoms with Crippen molar-refractivity contribution in [1.82, 2.24) is 4.98 Å². The van der Waals surface area contributed by atoms with Crippen molar-refractivity contribution in [2.75, 3.05) is 5.32 Å². The number of hydrogen-bond donors (Lipinski definition) is 2. The zero-order valence-electron chi connectivity index (χ0n) is 22.0. The highest BCUT2D eigenvalue weighted by Gasteiger charge is 2.20. The normalized spacial score (nSPS) is 12.2. The Labute approximate surface area is 242 Å². The number of carbonyl (C=O) groups is 1. The second kappa shape index (κ2) is 12.4. The highest BCUT2D eigenvalue weighted by molar-refractivity contribution is 9.10. The van der Waals surface area contributed by atoms with Crippen LogP contribution in [0.2, 0.25) is 5.02 Å². The number of anilines is 1. The third-order valence-electron chi connectivity index (χ3n) is 6.04. The van der Waals surface area contributed by atoms with Gasteiger partial charge in [0.2, 0.25) is 0 Å². The number of pyridine rings is 1. The summed E-state index contributed by atoms with van der Waals surface area (Å²) in [5, 5.41) is 15.8. The van der Waals surface area contributed by atoms with Gasteiger partial charge in [-0.05, 0) is 71.1 Å². The summed E-state index contributed by atoms with van der Waals surface area (Å²) in [6, 6.07) is 18.9. The number of aromatic nitrogens is 1. The van der Waals surface area contributed by atoms with Gasteiger partial charge in [-0.25, -0.2) is 0 Å². The van der Waals surface area contributed by atoms with Crippen molar-refractivity contribution in [1.29, 1.82) is 0 Å². The van der Waals surface area contributed by atoms with E-state index >= 15 is 0 Å². The Morgan fingerprint density at radius 1 is 1.10 bits per heavy atom. The first-order chi connectivity index (χ1) is 18.6. The molecule has 0 saturated heterocycles. The Kier molecular flexibility index (Phi) is 9.00. The van der Waals surface area contributed by atoms with Crippen molar-refractivity contribution < 1.29 is 9.90 Å². The molecule has 0 aliphatic heterocycles. The van der Waals surface area contributed by atoms with Crippen molar-refractivity contribution in [2.24, 2.45) is 4.99 Å². The van der Waals surface area contributed by atoms with E-state index in [0.717, 1.165) is 37.8 Å². The highest BCUT2D eigenvalue weighted by atomic mass is 79.9. The molecular weight excluding hydrogens is 574 g/mol. The molecule has 5 nitrogen and oxygen atoms in total. The lowest BCUT2D eigenvalue weighted by atomic mass is 9.84. The van der Waals surface area contributed by atoms with Crippen molar-refractivity contribution in [3.63, 3.8) is 0 Å². The average molecular weight is 603 g/mol. The van der Waals surface area contributed by atoms with Gasteiger partial charge in [0, 0.05) is 62.9 Å². The van der Waals surface area contributed by atoms with Gasteiger partial charge in [-0.1, -0.05) is 66.5 Å². The van der Waals surface area contributed by atoms with Crippen molar-refractivity contribution in [2.45, 2.75) is 32.6 Å². The molecule has 3 aromatic carbocycles. The zero-order chi connectivity index (χ0) is 28.0. The van der Waals surface area contributed by atoms with E-state index in [1.54, 1.807) is 37.0 Å². The van der Waals surface area contributed by atoms with Crippen LogP contribution in [0.5, 0.6) is 5.75 Å². The van der Waals surface area contributed by atoms with Crippen LogP contribution in [-0.2, 0) is 16.6 Å². The molecule has 0 bridgehead atoms. The number of nitrogens with one attached hydrogen (secondary N) is 1. The van der Waals surface area contributed by atoms with Gasteiger partial charge in [-0.2, -0.15) is 0 Å². The maximum Gasteiger partial charge on any atom is 0.160 e. The van der Waals surface area contributed by atoms with Crippen LogP contribution in [0.25, 0.3) is 17.0 Å². The molecule has 39 heavy (non-hydrogen) atoms. The summed E-state index contributed by atoms with van der Waals surface area (Å²) in [6.45, 7) is 6.10. The number of phenols is 1. The molecule has 198 valence electrons. The summed E-state index contributed by atoms with van der Waals surface area (Å²) in [4.78, 5) is 21.3. The topological polar surface area (TPSA) is 74.6 Å². The minimum atomic E-state index is -0.305. The molecule has 0 radical (unpaired) electrons. The van der Waals surface area contributed by atoms with E-state index in [-0.39, 0.29) is 16.9 Å². The fourth-order valence-corrected chi connectivity index (χ4v) is 4.47. The first kappa shape index (κ1) is 28.3. The standard InChI is InChI=1S/C32H29BrClN3O2/c1-32(2,3)28-18-22(6-10-26(38)17-21-4-7-24(33)8-5-21)16-23(31(28)39)20-35-14-15-37-29-12-13-36-30-19-25(34)9-11-27(29)30/h4-16,18-20,39H,17H2,1-3H3,(H,36,37)/b10-6+,15-14+,35-20?. The van der Waals surface area contributed by atoms with Gasteiger partial charge < -0.3 is 10.4 Å². The van der Waals surface area contributed by atoms with Crippen LogP contribution in [0.4, 0.5) is 5.69 Å². The maximum absolute atomic E-state index is 12.6. The van der Waals surface area contributed by atoms with Crippen LogP contribution in [-0.4, -0.2) is 22.1 Å². The Morgan fingerprint density at radius 3 is 2.62 bits per heavy atom. The SMILES string of the molecule is CC(C)(C)c1cc(/C=C/C(=O)Cc2ccc(Br)cc2)cc(C=N/C=C/Nc2ccnc3cc(Cl)ccc23)c1O. The lowest BCUT2D eigenvalue weighted by Crippen LogP contribution is -2.12. The molecule has 1 aromatic heterocycles. The van der Waals surface area contributed by atoms with Crippen LogP contribution in [0, 0.1) is 0 Å². The van der Waals surface area contributed by atoms with Crippen molar-refractivity contribution in [3.8, 4) is 5.75 Å². The number of carbonyl (C=O) groups excluding carboxylic acids is 1. The number of aromatic hydroxyl groups is 1. The van der Waals surface area contributed by atoms with Gasteiger partial charge in [0.05, 0.1) is 5.52 Å². The van der Waals surface area contributed by atoms with Crippen molar-refractivity contribution >= 4 is 62.2 Å². The summed E-state index contributed by atoms with van der Waals surface area (Å²) < 4.78 is 0.976. The van der Waals surface area contributed by atoms with E-state index in [1.165, 1.54) is 0 Å². The Balaban J connectivity index is 1.51. The molecule has 0 aliphatic carbocycles. The van der Waals surface area contributed by atoms with Gasteiger partial charge >= 0.3 is 0 Å². The number of aliphatic imine (C=N–C) groups is 1. The summed E-state index contributed by atoms with van der Waals surface area (Å²) in [7, 11) is 0. The monoisotopic (exact) mass is 601 g/mol. The zero-order valence-corrected chi connectivity index (χ0v) is 24.3. The molecule has 1 heterocycles. The molecule has 0 spiro atoms. The predicted octanol–water partition coefficient (Wildman–Crippen LogP) is 8.48. The molecule has 0 atom stereocenters. The molecule has 7 heteroatoms. The molecule has 0 aliphatic rings. The second-order valence-corrected chi connectivity index (χ2v) is 11.5. The third kappa shape index (κ3) is 7.65. The largest absolute Gasteiger partial charge is 0.507 e. The van der Waals surface area contributed by atoms with Gasteiger partial charge in [0.15, 0.2) is 5.78 Å². The highest BCUT2D eigenvalue weighted by Crippen LogP contribution is 2.34. The summed E-state index contributed by atoms with van der Waals surface area (Å²) in [5.74, 6) is 0.167. The average Bonchev–Trinajstić information content (AvgIpc) is 2.89. The van der Waals surface area contributed by atoms with Gasteiger partial charge in [0.1, 0.15) is 5.75 Å². The molecule has 0 amide bonds. The van der Waals surface area contributed by atoms with Crippen LogP contribution in [0.15, 0.2) is 94.8 Å². The number of phenolic OH excluding ortho intramolecular Hbond substituents is 1. The first-order valence-electron chi connectivity index (χ1n) is 12.4. The Hall–Kier alpha value is -3.74. The molecule has 0 saturated carbocycles. The second-order valence-electron chi connectivity index (χ2n) is 10.1. The van der Waals surface area contributed by atoms with E-state index in [2.05, 4.69) is 31.2 Å². The van der Waals surface area contributed by atoms with E-state index in [4.69, 9.17) is 11.6 Å². The molecule has 4 aromatic rings. The Bertz CT molecular complexity index is 1590. The lowest BCUT2D eigenvalue weighted by molar-refractivity contribution is -0.113. The van der Waals surface area contributed by atoms with Gasteiger partial charge in [-0.15, -0.1) is 0 Å². The van der Waals surface area contributed by atoms with Crippen LogP contribution >= 0.6 is 27.5 Å². The Morgan fingerprint density at radius 2 is 1.87 bits per heavy atom. The fourth-order valence-electron chi connectivity index (χ4n) is 4.04. The summed E-state index contributed by atoms with van der Waals surface area (Å²) in [6.07, 6.45) is 10.3. The smallest absolute Gasteiger partial charge is 0.160 e. The molecule has 0 fully saturated rings. The number of halogens is 2.